The van der Waals surface area contributed by atoms with Gasteiger partial charge in [0.1, 0.15) is 6.54 Å². The Morgan fingerprint density at radius 2 is 1.70 bits per heavy atom. The number of nitrogens with zero attached hydrogens (tertiary/aromatic N) is 1. The van der Waals surface area contributed by atoms with Crippen LogP contribution in [0, 0.1) is 0 Å². The Kier molecular flexibility index (Phi) is 4.55. The van der Waals surface area contributed by atoms with Crippen LogP contribution >= 0.6 is 0 Å². The second-order valence-corrected chi connectivity index (χ2v) is 2.11. The zero-order chi connectivity index (χ0) is 6.53. The highest BCUT2D eigenvalue weighted by Gasteiger charge is 1.90. The van der Waals surface area contributed by atoms with Gasteiger partial charge in [0, 0.05) is 18.6 Å². The Balaban J connectivity index is 0.000000810. The third-order valence-electron chi connectivity index (χ3n) is 1.26. The molecule has 0 aliphatic heterocycles. The molecule has 0 fully saturated rings. The first kappa shape index (κ1) is 9.15. The number of aryl methyl sites for hydroxylation is 1. The molecule has 0 saturated carbocycles. The van der Waals surface area contributed by atoms with Gasteiger partial charge in [0.15, 0.2) is 12.4 Å². The summed E-state index contributed by atoms with van der Waals surface area (Å²) >= 11 is 0. The predicted octanol–water partition coefficient (Wildman–Crippen LogP) is 2.02. The van der Waals surface area contributed by atoms with Crippen LogP contribution in [-0.4, -0.2) is 0 Å². The third kappa shape index (κ3) is 2.62. The number of aromatic nitrogens is 1. The Labute approximate surface area is 63.3 Å². The molecule has 0 bridgehead atoms. The van der Waals surface area contributed by atoms with Crippen molar-refractivity contribution in [2.24, 2.45) is 0 Å². The molecular weight excluding hydrogens is 122 g/mol. The van der Waals surface area contributed by atoms with E-state index < -0.39 is 0 Å². The van der Waals surface area contributed by atoms with Gasteiger partial charge < -0.3 is 0 Å². The van der Waals surface area contributed by atoms with Crippen LogP contribution in [0.15, 0.2) is 30.6 Å². The Bertz CT molecular complexity index is 158. The second-order valence-electron chi connectivity index (χ2n) is 2.11. The van der Waals surface area contributed by atoms with Gasteiger partial charge in [-0.1, -0.05) is 20.4 Å². The maximum Gasteiger partial charge on any atom is 0.168 e. The summed E-state index contributed by atoms with van der Waals surface area (Å²) in [6.07, 6.45) is 5.38. The molecule has 10 heavy (non-hydrogen) atoms. The van der Waals surface area contributed by atoms with Crippen LogP contribution in [0.5, 0.6) is 0 Å². The number of pyridine rings is 1. The minimum absolute atomic E-state index is 0. The topological polar surface area (TPSA) is 3.88 Å². The summed E-state index contributed by atoms with van der Waals surface area (Å²) in [6, 6.07) is 6.14. The molecule has 1 heteroatoms. The fourth-order valence-electron chi connectivity index (χ4n) is 0.842. The molecule has 0 aliphatic carbocycles. The van der Waals surface area contributed by atoms with Crippen molar-refractivity contribution in [2.75, 3.05) is 0 Å². The van der Waals surface area contributed by atoms with Crippen molar-refractivity contribution in [3.8, 4) is 0 Å². The lowest BCUT2D eigenvalue weighted by Gasteiger charge is -1.88. The summed E-state index contributed by atoms with van der Waals surface area (Å²) in [7, 11) is 0. The van der Waals surface area contributed by atoms with Crippen molar-refractivity contribution in [2.45, 2.75) is 27.3 Å². The monoisotopic (exact) mass is 138 g/mol. The lowest BCUT2D eigenvalue weighted by Crippen LogP contribution is -2.31. The van der Waals surface area contributed by atoms with E-state index in [-0.39, 0.29) is 7.43 Å². The Morgan fingerprint density at radius 3 is 2.20 bits per heavy atom. The summed E-state index contributed by atoms with van der Waals surface area (Å²) in [4.78, 5) is 0. The van der Waals surface area contributed by atoms with E-state index in [0.29, 0.717) is 0 Å². The van der Waals surface area contributed by atoms with Gasteiger partial charge in [-0.2, -0.15) is 0 Å². The fraction of sp³-hybridized carbons (Fsp3) is 0.444. The van der Waals surface area contributed by atoms with Crippen LogP contribution in [-0.2, 0) is 6.54 Å². The molecule has 1 aromatic heterocycles. The summed E-state index contributed by atoms with van der Waals surface area (Å²) in [5, 5.41) is 0. The van der Waals surface area contributed by atoms with Crippen molar-refractivity contribution < 1.29 is 4.57 Å². The number of hydrogen-bond acceptors (Lipinski definition) is 0. The molecule has 0 atom stereocenters. The van der Waals surface area contributed by atoms with Gasteiger partial charge in [-0.05, 0) is 0 Å². The average molecular weight is 138 g/mol. The highest BCUT2D eigenvalue weighted by Crippen LogP contribution is 1.78. The SMILES string of the molecule is C.CCC[n+]1ccccc1. The quantitative estimate of drug-likeness (QED) is 0.550. The molecule has 0 amide bonds. The van der Waals surface area contributed by atoms with E-state index in [9.17, 15) is 0 Å². The van der Waals surface area contributed by atoms with Crippen LogP contribution in [0.2, 0.25) is 0 Å². The van der Waals surface area contributed by atoms with Gasteiger partial charge >= 0.3 is 0 Å². The summed E-state index contributed by atoms with van der Waals surface area (Å²) in [5.74, 6) is 0. The molecule has 0 aliphatic rings. The first-order valence-corrected chi connectivity index (χ1v) is 3.37. The van der Waals surface area contributed by atoms with Crippen molar-refractivity contribution >= 4 is 0 Å². The van der Waals surface area contributed by atoms with Gasteiger partial charge in [0.2, 0.25) is 0 Å². The molecular formula is C9H16N+. The highest BCUT2D eigenvalue weighted by atomic mass is 14.9. The largest absolute Gasteiger partial charge is 0.205 e. The van der Waals surface area contributed by atoms with Crippen LogP contribution in [0.25, 0.3) is 0 Å². The van der Waals surface area contributed by atoms with E-state index in [2.05, 4.69) is 36.0 Å². The van der Waals surface area contributed by atoms with Crippen LogP contribution in [0.3, 0.4) is 0 Å². The van der Waals surface area contributed by atoms with Gasteiger partial charge in [0.05, 0.1) is 0 Å². The van der Waals surface area contributed by atoms with Crippen LogP contribution in [0.1, 0.15) is 20.8 Å². The molecule has 1 aromatic rings. The predicted molar refractivity (Wildman–Crippen MR) is 43.7 cm³/mol. The molecule has 0 radical (unpaired) electrons. The first-order valence-electron chi connectivity index (χ1n) is 3.37. The highest BCUT2D eigenvalue weighted by molar-refractivity contribution is 4.83. The van der Waals surface area contributed by atoms with E-state index >= 15 is 0 Å². The summed E-state index contributed by atoms with van der Waals surface area (Å²) in [5.41, 5.74) is 0. The molecule has 56 valence electrons. The Hall–Kier alpha value is -0.850. The van der Waals surface area contributed by atoms with Crippen molar-refractivity contribution in [3.63, 3.8) is 0 Å². The van der Waals surface area contributed by atoms with E-state index in [0.717, 1.165) is 6.54 Å². The fourth-order valence-corrected chi connectivity index (χ4v) is 0.842. The smallest absolute Gasteiger partial charge is 0.168 e. The van der Waals surface area contributed by atoms with Gasteiger partial charge in [-0.15, -0.1) is 0 Å². The maximum absolute atomic E-state index is 2.18. The van der Waals surface area contributed by atoms with Crippen molar-refractivity contribution in [3.05, 3.63) is 30.6 Å². The van der Waals surface area contributed by atoms with E-state index in [4.69, 9.17) is 0 Å². The normalized spacial score (nSPS) is 8.50. The first-order chi connectivity index (χ1) is 4.43. The molecule has 0 saturated heterocycles. The lowest BCUT2D eigenvalue weighted by atomic mass is 10.4. The van der Waals surface area contributed by atoms with Crippen molar-refractivity contribution in [1.82, 2.24) is 0 Å². The molecule has 0 spiro atoms. The molecule has 0 N–H and O–H groups in total. The second kappa shape index (κ2) is 4.98. The molecule has 1 rings (SSSR count). The average Bonchev–Trinajstić information content (AvgIpc) is 1.91. The van der Waals surface area contributed by atoms with Crippen LogP contribution in [0.4, 0.5) is 0 Å². The molecule has 0 aromatic carbocycles. The summed E-state index contributed by atoms with van der Waals surface area (Å²) < 4.78 is 2.18. The zero-order valence-electron chi connectivity index (χ0n) is 5.75. The summed E-state index contributed by atoms with van der Waals surface area (Å²) in [6.45, 7) is 3.31. The van der Waals surface area contributed by atoms with Gasteiger partial charge in [-0.25, -0.2) is 4.57 Å². The molecule has 1 nitrogen and oxygen atoms in total. The van der Waals surface area contributed by atoms with E-state index in [1.807, 2.05) is 6.07 Å². The third-order valence-corrected chi connectivity index (χ3v) is 1.26. The maximum atomic E-state index is 2.18. The van der Waals surface area contributed by atoms with Crippen molar-refractivity contribution in [1.29, 1.82) is 0 Å². The lowest BCUT2D eigenvalue weighted by molar-refractivity contribution is -0.697. The zero-order valence-corrected chi connectivity index (χ0v) is 5.75. The minimum Gasteiger partial charge on any atom is -0.205 e. The van der Waals surface area contributed by atoms with E-state index in [1.54, 1.807) is 0 Å². The van der Waals surface area contributed by atoms with Gasteiger partial charge in [-0.3, -0.25) is 0 Å². The number of rotatable bonds is 2. The Morgan fingerprint density at radius 1 is 1.10 bits per heavy atom. The van der Waals surface area contributed by atoms with Crippen LogP contribution < -0.4 is 4.57 Å². The standard InChI is InChI=1S/C8H12N.CH4/c1-2-6-9-7-4-3-5-8-9;/h3-5,7-8H,2,6H2,1H3;1H4/q+1;. The number of hydrogen-bond donors (Lipinski definition) is 0. The molecule has 0 unspecified atom stereocenters. The van der Waals surface area contributed by atoms with Gasteiger partial charge in [0.25, 0.3) is 0 Å². The minimum atomic E-state index is 0. The van der Waals surface area contributed by atoms with E-state index in [1.165, 1.54) is 6.42 Å². The molecule has 1 heterocycles.